The van der Waals surface area contributed by atoms with Crippen LogP contribution in [0.5, 0.6) is 5.75 Å². The highest BCUT2D eigenvalue weighted by molar-refractivity contribution is 9.10. The minimum Gasteiger partial charge on any atom is -0.484 e. The molecule has 0 aliphatic rings. The van der Waals surface area contributed by atoms with Crippen LogP contribution in [0, 0.1) is 6.92 Å². The summed E-state index contributed by atoms with van der Waals surface area (Å²) in [6.45, 7) is 3.21. The normalized spacial score (nSPS) is 10.5. The molecule has 0 aliphatic heterocycles. The second kappa shape index (κ2) is 8.18. The fourth-order valence-electron chi connectivity index (χ4n) is 2.51. The maximum Gasteiger partial charge on any atom is 0.263 e. The van der Waals surface area contributed by atoms with Gasteiger partial charge in [0.2, 0.25) is 0 Å². The molecule has 0 aliphatic carbocycles. The molecule has 1 heterocycles. The average molecular weight is 428 g/mol. The number of amides is 1. The van der Waals surface area contributed by atoms with Gasteiger partial charge in [-0.2, -0.15) is 5.10 Å². The van der Waals surface area contributed by atoms with Gasteiger partial charge in [0.1, 0.15) is 11.6 Å². The van der Waals surface area contributed by atoms with Crippen molar-refractivity contribution in [3.05, 3.63) is 70.3 Å². The van der Waals surface area contributed by atoms with Crippen LogP contribution in [0.3, 0.4) is 0 Å². The molecule has 6 nitrogen and oxygen atoms in total. The zero-order chi connectivity index (χ0) is 19.4. The summed E-state index contributed by atoms with van der Waals surface area (Å²) >= 11 is 3.44. The summed E-state index contributed by atoms with van der Waals surface area (Å²) < 4.78 is 8.07. The highest BCUT2D eigenvalue weighted by Crippen LogP contribution is 2.20. The van der Waals surface area contributed by atoms with Gasteiger partial charge in [-0.15, -0.1) is 0 Å². The molecule has 3 aromatic rings. The monoisotopic (exact) mass is 427 g/mol. The summed E-state index contributed by atoms with van der Waals surface area (Å²) in [5, 5.41) is 7.24. The number of Topliss-reactive ketones (excluding diaryl/α,β-unsaturated/α-hetero) is 1. The number of aryl methyl sites for hydroxylation is 1. The van der Waals surface area contributed by atoms with E-state index in [-0.39, 0.29) is 18.3 Å². The number of carbonyl (C=O) groups excluding carboxylic acids is 2. The zero-order valence-corrected chi connectivity index (χ0v) is 16.5. The minimum atomic E-state index is -0.304. The van der Waals surface area contributed by atoms with Gasteiger partial charge < -0.3 is 10.1 Å². The number of rotatable bonds is 6. The number of aromatic nitrogens is 2. The van der Waals surface area contributed by atoms with Crippen LogP contribution < -0.4 is 10.1 Å². The van der Waals surface area contributed by atoms with Gasteiger partial charge in [-0.05, 0) is 56.3 Å². The molecule has 138 valence electrons. The van der Waals surface area contributed by atoms with Crippen molar-refractivity contribution in [2.75, 3.05) is 11.9 Å². The molecule has 27 heavy (non-hydrogen) atoms. The van der Waals surface area contributed by atoms with E-state index >= 15 is 0 Å². The first-order valence-electron chi connectivity index (χ1n) is 8.28. The fraction of sp³-hybridized carbons (Fsp3) is 0.150. The fourth-order valence-corrected chi connectivity index (χ4v) is 2.89. The summed E-state index contributed by atoms with van der Waals surface area (Å²) in [6, 6.07) is 16.1. The lowest BCUT2D eigenvalue weighted by atomic mass is 10.1. The minimum absolute atomic E-state index is 0.0181. The number of nitrogens with zero attached hydrogens (tertiary/aromatic N) is 2. The highest BCUT2D eigenvalue weighted by Gasteiger charge is 2.12. The zero-order valence-electron chi connectivity index (χ0n) is 14.9. The molecular weight excluding hydrogens is 410 g/mol. The van der Waals surface area contributed by atoms with Crippen molar-refractivity contribution in [1.29, 1.82) is 0 Å². The molecule has 0 saturated heterocycles. The summed E-state index contributed by atoms with van der Waals surface area (Å²) in [4.78, 5) is 23.6. The number of hydrogen-bond donors (Lipinski definition) is 1. The number of ether oxygens (including phenoxy) is 1. The van der Waals surface area contributed by atoms with Crippen LogP contribution >= 0.6 is 15.9 Å². The second-order valence-corrected chi connectivity index (χ2v) is 6.90. The Labute approximate surface area is 165 Å². The molecule has 0 fully saturated rings. The molecule has 2 aromatic carbocycles. The summed E-state index contributed by atoms with van der Waals surface area (Å²) in [5.74, 6) is 0.759. The van der Waals surface area contributed by atoms with Gasteiger partial charge in [0.25, 0.3) is 5.91 Å². The largest absolute Gasteiger partial charge is 0.484 e. The van der Waals surface area contributed by atoms with E-state index in [1.165, 1.54) is 6.92 Å². The number of ketones is 1. The third-order valence-electron chi connectivity index (χ3n) is 3.78. The molecule has 3 rings (SSSR count). The third-order valence-corrected chi connectivity index (χ3v) is 4.28. The number of anilines is 1. The Hall–Kier alpha value is -2.93. The smallest absolute Gasteiger partial charge is 0.263 e. The lowest BCUT2D eigenvalue weighted by molar-refractivity contribution is -0.118. The van der Waals surface area contributed by atoms with E-state index in [9.17, 15) is 9.59 Å². The van der Waals surface area contributed by atoms with Gasteiger partial charge in [0.15, 0.2) is 12.4 Å². The topological polar surface area (TPSA) is 73.2 Å². The molecule has 0 spiro atoms. The van der Waals surface area contributed by atoms with E-state index in [1.807, 2.05) is 31.2 Å². The van der Waals surface area contributed by atoms with E-state index in [0.717, 1.165) is 15.9 Å². The Balaban J connectivity index is 1.67. The maximum absolute atomic E-state index is 12.3. The van der Waals surface area contributed by atoms with E-state index in [4.69, 9.17) is 4.74 Å². The van der Waals surface area contributed by atoms with Crippen molar-refractivity contribution in [1.82, 2.24) is 9.78 Å². The molecule has 7 heteroatoms. The molecular formula is C20H18BrN3O3. The SMILES string of the molecule is CC(=O)c1ccc(OCC(=O)Nc2cc(C)nn2-c2cccc(Br)c2)cc1. The van der Waals surface area contributed by atoms with Crippen molar-refractivity contribution >= 4 is 33.4 Å². The first-order valence-corrected chi connectivity index (χ1v) is 9.08. The predicted molar refractivity (Wildman–Crippen MR) is 107 cm³/mol. The van der Waals surface area contributed by atoms with Crippen LogP contribution in [-0.4, -0.2) is 28.1 Å². The van der Waals surface area contributed by atoms with Crippen molar-refractivity contribution in [2.24, 2.45) is 0 Å². The van der Waals surface area contributed by atoms with E-state index < -0.39 is 0 Å². The van der Waals surface area contributed by atoms with Gasteiger partial charge in [-0.25, -0.2) is 4.68 Å². The van der Waals surface area contributed by atoms with E-state index in [1.54, 1.807) is 35.0 Å². The van der Waals surface area contributed by atoms with Crippen molar-refractivity contribution in [3.63, 3.8) is 0 Å². The number of hydrogen-bond acceptors (Lipinski definition) is 4. The van der Waals surface area contributed by atoms with E-state index in [2.05, 4.69) is 26.3 Å². The molecule has 0 saturated carbocycles. The molecule has 1 amide bonds. The maximum atomic E-state index is 12.3. The van der Waals surface area contributed by atoms with Gasteiger partial charge >= 0.3 is 0 Å². The molecule has 0 atom stereocenters. The summed E-state index contributed by atoms with van der Waals surface area (Å²) in [7, 11) is 0. The van der Waals surface area contributed by atoms with Crippen molar-refractivity contribution in [3.8, 4) is 11.4 Å². The van der Waals surface area contributed by atoms with Crippen molar-refractivity contribution in [2.45, 2.75) is 13.8 Å². The van der Waals surface area contributed by atoms with Gasteiger partial charge in [0, 0.05) is 16.1 Å². The average Bonchev–Trinajstić information content (AvgIpc) is 3.00. The van der Waals surface area contributed by atoms with Crippen LogP contribution in [0.25, 0.3) is 5.69 Å². The second-order valence-electron chi connectivity index (χ2n) is 5.98. The Morgan fingerprint density at radius 1 is 1.15 bits per heavy atom. The molecule has 1 N–H and O–H groups in total. The predicted octanol–water partition coefficient (Wildman–Crippen LogP) is 4.16. The number of carbonyl (C=O) groups is 2. The summed E-state index contributed by atoms with van der Waals surface area (Å²) in [5.41, 5.74) is 2.21. The Kier molecular flexibility index (Phi) is 5.71. The highest BCUT2D eigenvalue weighted by atomic mass is 79.9. The first kappa shape index (κ1) is 18.8. The molecule has 0 radical (unpaired) electrons. The Morgan fingerprint density at radius 2 is 1.89 bits per heavy atom. The van der Waals surface area contributed by atoms with Crippen LogP contribution in [0.4, 0.5) is 5.82 Å². The Morgan fingerprint density at radius 3 is 2.56 bits per heavy atom. The van der Waals surface area contributed by atoms with Crippen LogP contribution in [0.15, 0.2) is 59.1 Å². The van der Waals surface area contributed by atoms with Crippen LogP contribution in [0.2, 0.25) is 0 Å². The number of benzene rings is 2. The quantitative estimate of drug-likeness (QED) is 0.599. The lowest BCUT2D eigenvalue weighted by Gasteiger charge is -2.10. The lowest BCUT2D eigenvalue weighted by Crippen LogP contribution is -2.21. The van der Waals surface area contributed by atoms with Crippen LogP contribution in [0.1, 0.15) is 23.0 Å². The number of halogens is 1. The standard InChI is InChI=1S/C20H18BrN3O3/c1-13-10-19(24(23-13)17-5-3-4-16(21)11-17)22-20(26)12-27-18-8-6-15(7-9-18)14(2)25/h3-11H,12H2,1-2H3,(H,22,26). The van der Waals surface area contributed by atoms with Gasteiger partial charge in [-0.1, -0.05) is 22.0 Å². The van der Waals surface area contributed by atoms with Gasteiger partial charge in [-0.3, -0.25) is 9.59 Å². The van der Waals surface area contributed by atoms with E-state index in [0.29, 0.717) is 17.1 Å². The summed E-state index contributed by atoms with van der Waals surface area (Å²) in [6.07, 6.45) is 0. The third kappa shape index (κ3) is 4.83. The van der Waals surface area contributed by atoms with Crippen molar-refractivity contribution < 1.29 is 14.3 Å². The number of nitrogens with one attached hydrogen (secondary N) is 1. The van der Waals surface area contributed by atoms with Crippen LogP contribution in [-0.2, 0) is 4.79 Å². The molecule has 0 bridgehead atoms. The first-order chi connectivity index (χ1) is 12.9. The molecule has 0 unspecified atom stereocenters. The molecule has 1 aromatic heterocycles. The Bertz CT molecular complexity index is 980. The van der Waals surface area contributed by atoms with Gasteiger partial charge in [0.05, 0.1) is 11.4 Å².